The number of nitrogens with one attached hydrogen (secondary N) is 1. The van der Waals surface area contributed by atoms with Gasteiger partial charge in [0, 0.05) is 53.9 Å². The summed E-state index contributed by atoms with van der Waals surface area (Å²) in [7, 11) is 0. The summed E-state index contributed by atoms with van der Waals surface area (Å²) in [6.07, 6.45) is 3.56. The lowest BCUT2D eigenvalue weighted by molar-refractivity contribution is -0.139. The SMILES string of the molecule is CCOC(=O)C1=C(CN2CCOC(CCC=O)C2)NC(c2nccs2)=NC1c1ccc(F)cc1Cl. The number of morpholine rings is 1. The number of rotatable bonds is 9. The molecule has 186 valence electrons. The fourth-order valence-electron chi connectivity index (χ4n) is 4.14. The fraction of sp³-hybridized carbons (Fsp3) is 0.417. The van der Waals surface area contributed by atoms with Crippen LogP contribution in [-0.4, -0.2) is 66.9 Å². The van der Waals surface area contributed by atoms with E-state index in [1.165, 1.54) is 29.5 Å². The topological polar surface area (TPSA) is 93.1 Å². The molecule has 8 nitrogen and oxygen atoms in total. The van der Waals surface area contributed by atoms with E-state index in [0.717, 1.165) is 6.29 Å². The van der Waals surface area contributed by atoms with Gasteiger partial charge in [0.25, 0.3) is 0 Å². The fourth-order valence-corrected chi connectivity index (χ4v) is 5.00. The maximum atomic E-state index is 13.8. The van der Waals surface area contributed by atoms with E-state index in [4.69, 9.17) is 26.1 Å². The summed E-state index contributed by atoms with van der Waals surface area (Å²) in [5.74, 6) is -0.499. The smallest absolute Gasteiger partial charge is 0.338 e. The van der Waals surface area contributed by atoms with Gasteiger partial charge in [-0.25, -0.2) is 14.2 Å². The molecule has 0 radical (unpaired) electrons. The van der Waals surface area contributed by atoms with Crippen LogP contribution >= 0.6 is 22.9 Å². The molecule has 1 aromatic heterocycles. The van der Waals surface area contributed by atoms with Crippen molar-refractivity contribution in [2.24, 2.45) is 4.99 Å². The second-order valence-corrected chi connectivity index (χ2v) is 9.39. The highest BCUT2D eigenvalue weighted by Gasteiger charge is 2.35. The Kier molecular flexibility index (Phi) is 8.61. The van der Waals surface area contributed by atoms with E-state index in [1.807, 2.05) is 5.38 Å². The number of carbonyl (C=O) groups is 2. The summed E-state index contributed by atoms with van der Waals surface area (Å²) in [6.45, 7) is 4.11. The molecular formula is C24H26ClFN4O4S. The molecule has 0 bridgehead atoms. The van der Waals surface area contributed by atoms with Gasteiger partial charge in [0.2, 0.25) is 0 Å². The minimum atomic E-state index is -0.802. The zero-order chi connectivity index (χ0) is 24.8. The van der Waals surface area contributed by atoms with E-state index in [-0.39, 0.29) is 17.7 Å². The third kappa shape index (κ3) is 6.13. The lowest BCUT2D eigenvalue weighted by atomic mass is 9.95. The molecule has 35 heavy (non-hydrogen) atoms. The average Bonchev–Trinajstić information content (AvgIpc) is 3.38. The Hall–Kier alpha value is -2.66. The van der Waals surface area contributed by atoms with Crippen molar-refractivity contribution < 1.29 is 23.5 Å². The molecule has 1 saturated heterocycles. The van der Waals surface area contributed by atoms with Crippen molar-refractivity contribution in [3.8, 4) is 0 Å². The van der Waals surface area contributed by atoms with Crippen LogP contribution in [0, 0.1) is 5.82 Å². The highest BCUT2D eigenvalue weighted by Crippen LogP contribution is 2.37. The van der Waals surface area contributed by atoms with Crippen LogP contribution in [0.5, 0.6) is 0 Å². The summed E-state index contributed by atoms with van der Waals surface area (Å²) in [5.41, 5.74) is 1.43. The first-order valence-electron chi connectivity index (χ1n) is 11.4. The van der Waals surface area contributed by atoms with E-state index in [9.17, 15) is 14.0 Å². The Balaban J connectivity index is 1.74. The first kappa shape index (κ1) is 25.4. The second-order valence-electron chi connectivity index (χ2n) is 8.09. The molecule has 2 aromatic rings. The molecule has 11 heteroatoms. The number of hydrogen-bond donors (Lipinski definition) is 1. The van der Waals surface area contributed by atoms with Crippen LogP contribution in [0.4, 0.5) is 4.39 Å². The third-order valence-corrected chi connectivity index (χ3v) is 6.83. The molecule has 0 aliphatic carbocycles. The first-order valence-corrected chi connectivity index (χ1v) is 12.6. The molecule has 2 aliphatic rings. The van der Waals surface area contributed by atoms with Crippen LogP contribution in [0.15, 0.2) is 46.0 Å². The van der Waals surface area contributed by atoms with Gasteiger partial charge in [0.15, 0.2) is 10.8 Å². The van der Waals surface area contributed by atoms with Gasteiger partial charge in [0.1, 0.15) is 18.1 Å². The van der Waals surface area contributed by atoms with Gasteiger partial charge in [0.05, 0.1) is 24.9 Å². The van der Waals surface area contributed by atoms with Crippen LogP contribution in [0.25, 0.3) is 0 Å². The van der Waals surface area contributed by atoms with Gasteiger partial charge in [-0.15, -0.1) is 11.3 Å². The molecule has 2 atom stereocenters. The number of thiazole rings is 1. The summed E-state index contributed by atoms with van der Waals surface area (Å²) in [6, 6.07) is 3.24. The minimum absolute atomic E-state index is 0.0707. The number of benzene rings is 1. The molecule has 0 saturated carbocycles. The maximum absolute atomic E-state index is 13.8. The number of hydrogen-bond acceptors (Lipinski definition) is 9. The van der Waals surface area contributed by atoms with Crippen molar-refractivity contribution in [3.05, 3.63) is 62.5 Å². The zero-order valence-electron chi connectivity index (χ0n) is 19.2. The predicted octanol–water partition coefficient (Wildman–Crippen LogP) is 3.52. The number of carbonyl (C=O) groups excluding carboxylic acids is 2. The van der Waals surface area contributed by atoms with Gasteiger partial charge in [-0.2, -0.15) is 0 Å². The van der Waals surface area contributed by atoms with Gasteiger partial charge < -0.3 is 19.6 Å². The quantitative estimate of drug-likeness (QED) is 0.399. The first-order chi connectivity index (χ1) is 17.0. The van der Waals surface area contributed by atoms with Crippen LogP contribution in [0.1, 0.15) is 36.4 Å². The van der Waals surface area contributed by atoms with E-state index in [1.54, 1.807) is 13.1 Å². The van der Waals surface area contributed by atoms with E-state index in [2.05, 4.69) is 15.2 Å². The highest BCUT2D eigenvalue weighted by atomic mass is 35.5. The predicted molar refractivity (Wildman–Crippen MR) is 131 cm³/mol. The lowest BCUT2D eigenvalue weighted by Gasteiger charge is -2.35. The number of halogens is 2. The monoisotopic (exact) mass is 520 g/mol. The average molecular weight is 521 g/mol. The Morgan fingerprint density at radius 3 is 3.03 bits per heavy atom. The van der Waals surface area contributed by atoms with Crippen LogP contribution in [-0.2, 0) is 19.1 Å². The van der Waals surface area contributed by atoms with Gasteiger partial charge in [-0.1, -0.05) is 17.7 Å². The standard InChI is InChI=1S/C24H26ClFN4O4S/c1-2-33-24(32)20-19(14-30-8-10-34-16(13-30)4-3-9-31)28-22(23-27-7-11-35-23)29-21(20)17-6-5-15(26)12-18(17)25/h5-7,9,11-12,16,21H,2-4,8,10,13-14H2,1H3,(H,28,29). The van der Waals surface area contributed by atoms with Crippen molar-refractivity contribution >= 4 is 41.0 Å². The highest BCUT2D eigenvalue weighted by molar-refractivity contribution is 7.11. The van der Waals surface area contributed by atoms with E-state index >= 15 is 0 Å². The number of nitrogens with zero attached hydrogens (tertiary/aromatic N) is 3. The Labute approximate surface area is 211 Å². The normalized spacial score (nSPS) is 20.8. The Morgan fingerprint density at radius 2 is 2.31 bits per heavy atom. The summed E-state index contributed by atoms with van der Waals surface area (Å²) < 4.78 is 25.0. The Bertz CT molecular complexity index is 1120. The molecule has 2 aliphatic heterocycles. The molecule has 4 rings (SSSR count). The largest absolute Gasteiger partial charge is 0.463 e. The van der Waals surface area contributed by atoms with Crippen molar-refractivity contribution in [3.63, 3.8) is 0 Å². The number of aliphatic imine (C=N–C) groups is 1. The van der Waals surface area contributed by atoms with Gasteiger partial charge in [-0.3, -0.25) is 9.89 Å². The van der Waals surface area contributed by atoms with Crippen molar-refractivity contribution in [2.75, 3.05) is 32.8 Å². The van der Waals surface area contributed by atoms with Gasteiger partial charge >= 0.3 is 5.97 Å². The molecule has 1 N–H and O–H groups in total. The minimum Gasteiger partial charge on any atom is -0.463 e. The van der Waals surface area contributed by atoms with Crippen LogP contribution in [0.2, 0.25) is 5.02 Å². The summed E-state index contributed by atoms with van der Waals surface area (Å²) in [5, 5.41) is 5.96. The summed E-state index contributed by atoms with van der Waals surface area (Å²) in [4.78, 5) is 35.3. The lowest BCUT2D eigenvalue weighted by Crippen LogP contribution is -2.46. The molecule has 2 unspecified atom stereocenters. The number of aromatic nitrogens is 1. The molecular weight excluding hydrogens is 495 g/mol. The number of aldehydes is 1. The molecule has 0 amide bonds. The Morgan fingerprint density at radius 1 is 1.46 bits per heavy atom. The molecule has 1 aromatic carbocycles. The zero-order valence-corrected chi connectivity index (χ0v) is 20.8. The molecule has 3 heterocycles. The maximum Gasteiger partial charge on any atom is 0.338 e. The van der Waals surface area contributed by atoms with E-state index < -0.39 is 17.8 Å². The van der Waals surface area contributed by atoms with Crippen molar-refractivity contribution in [1.82, 2.24) is 15.2 Å². The van der Waals surface area contributed by atoms with E-state index in [0.29, 0.717) is 66.8 Å². The third-order valence-electron chi connectivity index (χ3n) is 5.72. The molecule has 0 spiro atoms. The summed E-state index contributed by atoms with van der Waals surface area (Å²) >= 11 is 7.82. The molecule has 1 fully saturated rings. The number of ether oxygens (including phenoxy) is 2. The van der Waals surface area contributed by atoms with Crippen molar-refractivity contribution in [2.45, 2.75) is 31.9 Å². The number of amidine groups is 1. The van der Waals surface area contributed by atoms with Gasteiger partial charge in [-0.05, 0) is 25.5 Å². The number of esters is 1. The van der Waals surface area contributed by atoms with Crippen LogP contribution in [0.3, 0.4) is 0 Å². The van der Waals surface area contributed by atoms with Crippen LogP contribution < -0.4 is 5.32 Å². The second kappa shape index (κ2) is 11.9. The van der Waals surface area contributed by atoms with Crippen molar-refractivity contribution in [1.29, 1.82) is 0 Å².